The van der Waals surface area contributed by atoms with E-state index in [-0.39, 0.29) is 28.3 Å². The molecule has 2 aliphatic carbocycles. The molecule has 2 N–H and O–H groups in total. The first-order chi connectivity index (χ1) is 13.6. The van der Waals surface area contributed by atoms with Crippen molar-refractivity contribution in [3.8, 4) is 5.75 Å². The molecule has 156 valence electrons. The van der Waals surface area contributed by atoms with Gasteiger partial charge in [-0.25, -0.2) is 4.79 Å². The zero-order valence-electron chi connectivity index (χ0n) is 17.5. The molecule has 2 aliphatic rings. The summed E-state index contributed by atoms with van der Waals surface area (Å²) in [4.78, 5) is 11.5. The molecular formula is C24H30O5. The number of aliphatic hydroxyl groups is 2. The van der Waals surface area contributed by atoms with Crippen LogP contribution in [0.4, 0.5) is 0 Å². The van der Waals surface area contributed by atoms with Crippen molar-refractivity contribution in [3.05, 3.63) is 52.4 Å². The van der Waals surface area contributed by atoms with E-state index >= 15 is 0 Å². The van der Waals surface area contributed by atoms with Gasteiger partial charge in [-0.3, -0.25) is 0 Å². The summed E-state index contributed by atoms with van der Waals surface area (Å²) in [6.45, 7) is 8.93. The number of hydrogen-bond donors (Lipinski definition) is 2. The number of ether oxygens (including phenoxy) is 1. The Morgan fingerprint density at radius 3 is 2.66 bits per heavy atom. The monoisotopic (exact) mass is 398 g/mol. The van der Waals surface area contributed by atoms with Crippen molar-refractivity contribution in [2.24, 2.45) is 22.7 Å². The Morgan fingerprint density at radius 2 is 1.90 bits per heavy atom. The predicted molar refractivity (Wildman–Crippen MR) is 112 cm³/mol. The second-order valence-electron chi connectivity index (χ2n) is 9.60. The Bertz CT molecular complexity index is 1000. The maximum absolute atomic E-state index is 11.5. The molecule has 4 rings (SSSR count). The molecule has 0 amide bonds. The summed E-state index contributed by atoms with van der Waals surface area (Å²) >= 11 is 0. The molecule has 1 aromatic carbocycles. The first-order valence-electron chi connectivity index (χ1n) is 10.3. The van der Waals surface area contributed by atoms with Gasteiger partial charge >= 0.3 is 5.63 Å². The highest BCUT2D eigenvalue weighted by atomic mass is 16.5. The van der Waals surface area contributed by atoms with E-state index in [0.717, 1.165) is 11.8 Å². The van der Waals surface area contributed by atoms with Gasteiger partial charge < -0.3 is 19.4 Å². The lowest BCUT2D eigenvalue weighted by molar-refractivity contribution is -0.176. The zero-order chi connectivity index (χ0) is 21.0. The van der Waals surface area contributed by atoms with E-state index in [1.165, 1.54) is 11.6 Å². The highest BCUT2D eigenvalue weighted by Crippen LogP contribution is 2.59. The van der Waals surface area contributed by atoms with Crippen LogP contribution in [0.15, 0.2) is 51.2 Å². The number of rotatable bonds is 3. The highest BCUT2D eigenvalue weighted by molar-refractivity contribution is 5.77. The molecule has 0 saturated heterocycles. The number of aliphatic hydroxyl groups excluding tert-OH is 2. The summed E-state index contributed by atoms with van der Waals surface area (Å²) in [5.41, 5.74) is 0.828. The third kappa shape index (κ3) is 3.30. The third-order valence-corrected chi connectivity index (χ3v) is 7.50. The van der Waals surface area contributed by atoms with Crippen molar-refractivity contribution in [2.75, 3.05) is 6.61 Å². The molecule has 1 aromatic heterocycles. The Labute approximate surface area is 171 Å². The fourth-order valence-corrected chi connectivity index (χ4v) is 5.81. The van der Waals surface area contributed by atoms with Gasteiger partial charge in [0.05, 0.1) is 18.8 Å². The minimum Gasteiger partial charge on any atom is -0.493 e. The van der Waals surface area contributed by atoms with E-state index in [9.17, 15) is 15.0 Å². The number of fused-ring (bicyclic) bond motifs is 2. The first-order valence-corrected chi connectivity index (χ1v) is 10.3. The lowest BCUT2D eigenvalue weighted by Crippen LogP contribution is -2.60. The fraction of sp³-hybridized carbons (Fsp3) is 0.542. The summed E-state index contributed by atoms with van der Waals surface area (Å²) in [6, 6.07) is 8.66. The molecule has 0 unspecified atom stereocenters. The summed E-state index contributed by atoms with van der Waals surface area (Å²) in [5.74, 6) is 1.03. The molecule has 5 heteroatoms. The zero-order valence-corrected chi connectivity index (χ0v) is 17.5. The van der Waals surface area contributed by atoms with E-state index < -0.39 is 12.2 Å². The topological polar surface area (TPSA) is 79.9 Å². The van der Waals surface area contributed by atoms with Gasteiger partial charge in [-0.05, 0) is 54.7 Å². The second-order valence-corrected chi connectivity index (χ2v) is 9.60. The fourth-order valence-electron chi connectivity index (χ4n) is 5.81. The van der Waals surface area contributed by atoms with Crippen LogP contribution in [0.3, 0.4) is 0 Å². The van der Waals surface area contributed by atoms with Gasteiger partial charge in [-0.1, -0.05) is 32.4 Å². The standard InChI is InChI=1S/C24H30O5/c1-14-5-9-20-23(2,3)22(27)18(25)12-24(20,4)17(14)13-28-16-8-6-15-7-10-21(26)29-19(15)11-16/h5-8,10-11,17-18,20,22,25,27H,9,12-13H2,1-4H3/t17-,18+,20-,22-,24+/m1/s1. The Hall–Kier alpha value is -2.11. The van der Waals surface area contributed by atoms with Crippen LogP contribution in [0.2, 0.25) is 0 Å². The quantitative estimate of drug-likeness (QED) is 0.605. The highest BCUT2D eigenvalue weighted by Gasteiger charge is 2.58. The van der Waals surface area contributed by atoms with Gasteiger partial charge in [0.1, 0.15) is 11.3 Å². The summed E-state index contributed by atoms with van der Waals surface area (Å²) in [7, 11) is 0. The van der Waals surface area contributed by atoms with Crippen LogP contribution < -0.4 is 10.4 Å². The van der Waals surface area contributed by atoms with Crippen LogP contribution in [-0.4, -0.2) is 29.0 Å². The van der Waals surface area contributed by atoms with E-state index in [1.54, 1.807) is 12.1 Å². The predicted octanol–water partition coefficient (Wildman–Crippen LogP) is 3.91. The molecular weight excluding hydrogens is 368 g/mol. The average molecular weight is 398 g/mol. The molecule has 1 fully saturated rings. The average Bonchev–Trinajstić information content (AvgIpc) is 2.65. The van der Waals surface area contributed by atoms with Crippen LogP contribution in [0.1, 0.15) is 40.5 Å². The smallest absolute Gasteiger partial charge is 0.336 e. The van der Waals surface area contributed by atoms with Gasteiger partial charge in [-0.2, -0.15) is 0 Å². The molecule has 29 heavy (non-hydrogen) atoms. The lowest BCUT2D eigenvalue weighted by Gasteiger charge is -2.59. The van der Waals surface area contributed by atoms with Crippen molar-refractivity contribution in [2.45, 2.75) is 52.7 Å². The summed E-state index contributed by atoms with van der Waals surface area (Å²) in [5, 5.41) is 22.1. The van der Waals surface area contributed by atoms with Gasteiger partial charge in [0, 0.05) is 23.4 Å². The van der Waals surface area contributed by atoms with Gasteiger partial charge in [0.15, 0.2) is 0 Å². The van der Waals surface area contributed by atoms with Crippen molar-refractivity contribution < 1.29 is 19.4 Å². The summed E-state index contributed by atoms with van der Waals surface area (Å²) in [6.07, 6.45) is 2.24. The van der Waals surface area contributed by atoms with Crippen LogP contribution in [-0.2, 0) is 0 Å². The lowest BCUT2D eigenvalue weighted by atomic mass is 9.47. The second kappa shape index (κ2) is 6.99. The first kappa shape index (κ1) is 20.2. The van der Waals surface area contributed by atoms with Crippen LogP contribution in [0.5, 0.6) is 5.75 Å². The maximum atomic E-state index is 11.5. The van der Waals surface area contributed by atoms with Crippen LogP contribution in [0.25, 0.3) is 11.0 Å². The van der Waals surface area contributed by atoms with Gasteiger partial charge in [-0.15, -0.1) is 0 Å². The number of benzene rings is 1. The molecule has 1 heterocycles. The van der Waals surface area contributed by atoms with E-state index in [1.807, 2.05) is 12.1 Å². The molecule has 0 spiro atoms. The normalized spacial score (nSPS) is 33.8. The van der Waals surface area contributed by atoms with Gasteiger partial charge in [0.2, 0.25) is 0 Å². The van der Waals surface area contributed by atoms with E-state index in [4.69, 9.17) is 9.15 Å². The Kier molecular flexibility index (Phi) is 4.87. The maximum Gasteiger partial charge on any atom is 0.336 e. The third-order valence-electron chi connectivity index (χ3n) is 7.50. The molecule has 2 aromatic rings. The molecule has 5 nitrogen and oxygen atoms in total. The molecule has 0 radical (unpaired) electrons. The van der Waals surface area contributed by atoms with Crippen molar-refractivity contribution in [3.63, 3.8) is 0 Å². The van der Waals surface area contributed by atoms with Gasteiger partial charge in [0.25, 0.3) is 0 Å². The van der Waals surface area contributed by atoms with Crippen molar-refractivity contribution >= 4 is 11.0 Å². The van der Waals surface area contributed by atoms with E-state index in [2.05, 4.69) is 33.8 Å². The summed E-state index contributed by atoms with van der Waals surface area (Å²) < 4.78 is 11.4. The van der Waals surface area contributed by atoms with Crippen molar-refractivity contribution in [1.82, 2.24) is 0 Å². The largest absolute Gasteiger partial charge is 0.493 e. The molecule has 0 aliphatic heterocycles. The van der Waals surface area contributed by atoms with E-state index in [0.29, 0.717) is 24.4 Å². The SMILES string of the molecule is CC1=CC[C@@H]2C(C)(C)[C@H](O)[C@@H](O)C[C@@]2(C)[C@@H]1COc1ccc2ccc(=O)oc2c1. The molecule has 1 saturated carbocycles. The molecule has 5 atom stereocenters. The van der Waals surface area contributed by atoms with Crippen LogP contribution >= 0.6 is 0 Å². The van der Waals surface area contributed by atoms with Crippen molar-refractivity contribution in [1.29, 1.82) is 0 Å². The minimum atomic E-state index is -0.741. The number of hydrogen-bond acceptors (Lipinski definition) is 5. The van der Waals surface area contributed by atoms with Crippen LogP contribution in [0, 0.1) is 22.7 Å². The minimum absolute atomic E-state index is 0.126. The Morgan fingerprint density at radius 1 is 1.17 bits per heavy atom. The Balaban J connectivity index is 1.61. The number of allylic oxidation sites excluding steroid dienone is 1. The molecule has 0 bridgehead atoms.